The van der Waals surface area contributed by atoms with E-state index in [1.54, 1.807) is 14.0 Å². The molecular weight excluding hydrogens is 198 g/mol. The van der Waals surface area contributed by atoms with Crippen LogP contribution in [0.4, 0.5) is 0 Å². The normalized spacial score (nSPS) is 12.2. The molecule has 0 spiro atoms. The molecule has 0 aliphatic heterocycles. The molecule has 5 heteroatoms. The Morgan fingerprint density at radius 3 is 2.27 bits per heavy atom. The summed E-state index contributed by atoms with van der Waals surface area (Å²) in [7, 11) is 1.63. The van der Waals surface area contributed by atoms with Crippen LogP contribution in [0.1, 0.15) is 32.6 Å². The number of aliphatic carboxylic acids is 1. The SMILES string of the molecule is CC(O)CN(C)C(=O)CCCCC(=O)O. The zero-order chi connectivity index (χ0) is 11.8. The molecule has 0 aromatic carbocycles. The number of hydrogen-bond donors (Lipinski definition) is 2. The van der Waals surface area contributed by atoms with Crippen molar-refractivity contribution < 1.29 is 19.8 Å². The van der Waals surface area contributed by atoms with E-state index in [2.05, 4.69) is 0 Å². The van der Waals surface area contributed by atoms with Gasteiger partial charge < -0.3 is 15.1 Å². The van der Waals surface area contributed by atoms with E-state index >= 15 is 0 Å². The minimum absolute atomic E-state index is 0.0544. The third kappa shape index (κ3) is 7.93. The van der Waals surface area contributed by atoms with E-state index in [9.17, 15) is 9.59 Å². The molecule has 1 amide bonds. The average Bonchev–Trinajstić information content (AvgIpc) is 2.10. The van der Waals surface area contributed by atoms with Crippen molar-refractivity contribution in [2.24, 2.45) is 0 Å². The number of aliphatic hydroxyl groups is 1. The Balaban J connectivity index is 3.60. The van der Waals surface area contributed by atoms with Gasteiger partial charge in [0.1, 0.15) is 0 Å². The van der Waals surface area contributed by atoms with Crippen molar-refractivity contribution in [1.29, 1.82) is 0 Å². The lowest BCUT2D eigenvalue weighted by Gasteiger charge is -2.18. The molecule has 1 atom stereocenters. The maximum absolute atomic E-state index is 11.4. The standard InChI is InChI=1S/C10H19NO4/c1-8(12)7-11(2)9(13)5-3-4-6-10(14)15/h8,12H,3-7H2,1-2H3,(H,14,15). The molecule has 0 saturated carbocycles. The first-order valence-electron chi connectivity index (χ1n) is 5.07. The van der Waals surface area contributed by atoms with Gasteiger partial charge in [0.05, 0.1) is 6.10 Å². The number of hydrogen-bond acceptors (Lipinski definition) is 3. The van der Waals surface area contributed by atoms with Crippen LogP contribution in [0.2, 0.25) is 0 Å². The molecule has 88 valence electrons. The van der Waals surface area contributed by atoms with Gasteiger partial charge in [-0.25, -0.2) is 0 Å². The number of carbonyl (C=O) groups is 2. The van der Waals surface area contributed by atoms with Crippen LogP contribution in [0.5, 0.6) is 0 Å². The lowest BCUT2D eigenvalue weighted by atomic mass is 10.2. The fourth-order valence-corrected chi connectivity index (χ4v) is 1.24. The van der Waals surface area contributed by atoms with Crippen LogP contribution < -0.4 is 0 Å². The quantitative estimate of drug-likeness (QED) is 0.608. The Labute approximate surface area is 89.7 Å². The first-order valence-corrected chi connectivity index (χ1v) is 5.07. The van der Waals surface area contributed by atoms with Crippen LogP contribution in [-0.2, 0) is 9.59 Å². The second kappa shape index (κ2) is 7.23. The summed E-state index contributed by atoms with van der Waals surface area (Å²) in [6.45, 7) is 1.94. The Morgan fingerprint density at radius 1 is 1.27 bits per heavy atom. The number of carboxylic acids is 1. The van der Waals surface area contributed by atoms with Gasteiger partial charge in [-0.3, -0.25) is 9.59 Å². The zero-order valence-corrected chi connectivity index (χ0v) is 9.27. The first kappa shape index (κ1) is 13.9. The van der Waals surface area contributed by atoms with Crippen LogP contribution in [-0.4, -0.2) is 46.7 Å². The molecule has 0 aliphatic carbocycles. The Hall–Kier alpha value is -1.10. The minimum Gasteiger partial charge on any atom is -0.481 e. The highest BCUT2D eigenvalue weighted by atomic mass is 16.4. The first-order chi connectivity index (χ1) is 6.93. The number of likely N-dealkylation sites (N-methyl/N-ethyl adjacent to an activating group) is 1. The molecule has 0 fully saturated rings. The van der Waals surface area contributed by atoms with E-state index in [-0.39, 0.29) is 12.3 Å². The van der Waals surface area contributed by atoms with Gasteiger partial charge >= 0.3 is 5.97 Å². The summed E-state index contributed by atoms with van der Waals surface area (Å²) in [5.41, 5.74) is 0. The monoisotopic (exact) mass is 217 g/mol. The molecule has 2 N–H and O–H groups in total. The van der Waals surface area contributed by atoms with E-state index in [4.69, 9.17) is 10.2 Å². The maximum Gasteiger partial charge on any atom is 0.303 e. The van der Waals surface area contributed by atoms with Crippen molar-refractivity contribution in [3.8, 4) is 0 Å². The summed E-state index contributed by atoms with van der Waals surface area (Å²) in [6, 6.07) is 0. The molecule has 0 aliphatic rings. The van der Waals surface area contributed by atoms with E-state index < -0.39 is 12.1 Å². The zero-order valence-electron chi connectivity index (χ0n) is 9.27. The Bertz CT molecular complexity index is 215. The lowest BCUT2D eigenvalue weighted by Crippen LogP contribution is -2.32. The van der Waals surface area contributed by atoms with Crippen LogP contribution in [0.3, 0.4) is 0 Å². The molecule has 5 nitrogen and oxygen atoms in total. The summed E-state index contributed by atoms with van der Waals surface area (Å²) in [6.07, 6.45) is 1.01. The van der Waals surface area contributed by atoms with E-state index in [0.717, 1.165) is 0 Å². The van der Waals surface area contributed by atoms with Crippen molar-refractivity contribution in [2.75, 3.05) is 13.6 Å². The number of rotatable bonds is 7. The molecule has 0 aromatic heterocycles. The maximum atomic E-state index is 11.4. The average molecular weight is 217 g/mol. The van der Waals surface area contributed by atoms with Crippen LogP contribution in [0.15, 0.2) is 0 Å². The van der Waals surface area contributed by atoms with Crippen molar-refractivity contribution in [3.05, 3.63) is 0 Å². The van der Waals surface area contributed by atoms with Gasteiger partial charge in [-0.05, 0) is 19.8 Å². The Kier molecular flexibility index (Phi) is 6.70. The summed E-state index contributed by atoms with van der Waals surface area (Å²) >= 11 is 0. The van der Waals surface area contributed by atoms with Crippen LogP contribution >= 0.6 is 0 Å². The van der Waals surface area contributed by atoms with E-state index in [0.29, 0.717) is 25.8 Å². The van der Waals surface area contributed by atoms with Gasteiger partial charge in [0.25, 0.3) is 0 Å². The highest BCUT2D eigenvalue weighted by Gasteiger charge is 2.10. The highest BCUT2D eigenvalue weighted by molar-refractivity contribution is 5.75. The number of amides is 1. The van der Waals surface area contributed by atoms with E-state index in [1.165, 1.54) is 4.90 Å². The molecule has 0 radical (unpaired) electrons. The van der Waals surface area contributed by atoms with Crippen molar-refractivity contribution >= 4 is 11.9 Å². The number of carboxylic acid groups (broad SMARTS) is 1. The second-order valence-corrected chi connectivity index (χ2v) is 3.72. The fraction of sp³-hybridized carbons (Fsp3) is 0.800. The fourth-order valence-electron chi connectivity index (χ4n) is 1.24. The van der Waals surface area contributed by atoms with Crippen molar-refractivity contribution in [1.82, 2.24) is 4.90 Å². The topological polar surface area (TPSA) is 77.8 Å². The van der Waals surface area contributed by atoms with Crippen LogP contribution in [0.25, 0.3) is 0 Å². The summed E-state index contributed by atoms with van der Waals surface area (Å²) in [5.74, 6) is -0.888. The highest BCUT2D eigenvalue weighted by Crippen LogP contribution is 2.03. The van der Waals surface area contributed by atoms with Gasteiger partial charge in [0.2, 0.25) is 5.91 Å². The summed E-state index contributed by atoms with van der Waals surface area (Å²) in [5, 5.41) is 17.4. The number of nitrogens with zero attached hydrogens (tertiary/aromatic N) is 1. The van der Waals surface area contributed by atoms with Gasteiger partial charge in [0, 0.05) is 26.4 Å². The van der Waals surface area contributed by atoms with Gasteiger partial charge in [-0.15, -0.1) is 0 Å². The molecule has 0 aromatic rings. The second-order valence-electron chi connectivity index (χ2n) is 3.72. The van der Waals surface area contributed by atoms with Gasteiger partial charge in [0.15, 0.2) is 0 Å². The Morgan fingerprint density at radius 2 is 1.80 bits per heavy atom. The number of aliphatic hydroxyl groups excluding tert-OH is 1. The molecule has 0 bridgehead atoms. The van der Waals surface area contributed by atoms with Crippen LogP contribution in [0, 0.1) is 0 Å². The largest absolute Gasteiger partial charge is 0.481 e. The molecular formula is C10H19NO4. The number of carbonyl (C=O) groups excluding carboxylic acids is 1. The van der Waals surface area contributed by atoms with Gasteiger partial charge in [-0.1, -0.05) is 0 Å². The minimum atomic E-state index is -0.834. The third-order valence-corrected chi connectivity index (χ3v) is 2.00. The van der Waals surface area contributed by atoms with Gasteiger partial charge in [-0.2, -0.15) is 0 Å². The number of unbranched alkanes of at least 4 members (excludes halogenated alkanes) is 1. The third-order valence-electron chi connectivity index (χ3n) is 2.00. The predicted molar refractivity (Wildman–Crippen MR) is 55.4 cm³/mol. The molecule has 15 heavy (non-hydrogen) atoms. The van der Waals surface area contributed by atoms with Crippen molar-refractivity contribution in [3.63, 3.8) is 0 Å². The van der Waals surface area contributed by atoms with E-state index in [1.807, 2.05) is 0 Å². The van der Waals surface area contributed by atoms with Crippen molar-refractivity contribution in [2.45, 2.75) is 38.7 Å². The molecule has 0 rings (SSSR count). The predicted octanol–water partition coefficient (Wildman–Crippen LogP) is 0.471. The molecule has 0 heterocycles. The summed E-state index contributed by atoms with van der Waals surface area (Å²) in [4.78, 5) is 23.0. The molecule has 1 unspecified atom stereocenters. The smallest absolute Gasteiger partial charge is 0.303 e. The summed E-state index contributed by atoms with van der Waals surface area (Å²) < 4.78 is 0. The molecule has 0 saturated heterocycles. The lowest BCUT2D eigenvalue weighted by molar-refractivity contribution is -0.137.